The predicted molar refractivity (Wildman–Crippen MR) is 115 cm³/mol. The normalized spacial score (nSPS) is 11.9. The third kappa shape index (κ3) is 8.84. The molecular formula is C19H28BrN3O4Si. The minimum Gasteiger partial charge on any atom is -0.455 e. The van der Waals surface area contributed by atoms with Crippen molar-refractivity contribution in [3.05, 3.63) is 16.0 Å². The zero-order valence-electron chi connectivity index (χ0n) is 17.9. The Balaban J connectivity index is 3.39. The monoisotopic (exact) mass is 469 g/mol. The van der Waals surface area contributed by atoms with Gasteiger partial charge in [-0.15, -0.1) is 5.54 Å². The van der Waals surface area contributed by atoms with E-state index in [-0.39, 0.29) is 21.8 Å². The molecule has 0 aliphatic heterocycles. The lowest BCUT2D eigenvalue weighted by Crippen LogP contribution is -2.29. The molecule has 1 aromatic heterocycles. The molecule has 1 rings (SSSR count). The van der Waals surface area contributed by atoms with Crippen LogP contribution in [0.4, 0.5) is 10.6 Å². The van der Waals surface area contributed by atoms with E-state index in [9.17, 15) is 9.59 Å². The van der Waals surface area contributed by atoms with Crippen LogP contribution in [0, 0.1) is 11.5 Å². The summed E-state index contributed by atoms with van der Waals surface area (Å²) in [6, 6.07) is 0. The number of hydrogen-bond acceptors (Lipinski definition) is 6. The van der Waals surface area contributed by atoms with Crippen LogP contribution >= 0.6 is 15.9 Å². The van der Waals surface area contributed by atoms with Gasteiger partial charge in [0.25, 0.3) is 0 Å². The number of rotatable bonds is 2. The van der Waals surface area contributed by atoms with Crippen molar-refractivity contribution in [3.8, 4) is 11.5 Å². The van der Waals surface area contributed by atoms with Crippen LogP contribution in [0.3, 0.4) is 0 Å². The van der Waals surface area contributed by atoms with Crippen molar-refractivity contribution < 1.29 is 19.1 Å². The fraction of sp³-hybridized carbons (Fsp3) is 0.579. The molecule has 28 heavy (non-hydrogen) atoms. The Morgan fingerprint density at radius 1 is 1.00 bits per heavy atom. The molecule has 0 spiro atoms. The first-order valence-electron chi connectivity index (χ1n) is 8.81. The summed E-state index contributed by atoms with van der Waals surface area (Å²) in [6.07, 6.45) is -0.713. The lowest BCUT2D eigenvalue weighted by Gasteiger charge is -2.21. The van der Waals surface area contributed by atoms with Crippen molar-refractivity contribution in [2.75, 3.05) is 5.32 Å². The van der Waals surface area contributed by atoms with Crippen molar-refractivity contribution in [2.24, 2.45) is 0 Å². The molecule has 0 aliphatic rings. The molecule has 0 saturated heterocycles. The summed E-state index contributed by atoms with van der Waals surface area (Å²) >= 11 is 3.25. The van der Waals surface area contributed by atoms with Gasteiger partial charge in [0.2, 0.25) is 0 Å². The molecule has 0 atom stereocenters. The van der Waals surface area contributed by atoms with Crippen molar-refractivity contribution in [1.82, 2.24) is 9.97 Å². The number of anilines is 1. The van der Waals surface area contributed by atoms with Crippen molar-refractivity contribution in [2.45, 2.75) is 72.4 Å². The molecule has 0 fully saturated rings. The first-order valence-corrected chi connectivity index (χ1v) is 13.1. The van der Waals surface area contributed by atoms with Crippen molar-refractivity contribution in [3.63, 3.8) is 0 Å². The molecule has 1 amide bonds. The van der Waals surface area contributed by atoms with E-state index in [1.165, 1.54) is 0 Å². The van der Waals surface area contributed by atoms with Crippen molar-refractivity contribution >= 4 is 41.9 Å². The number of nitrogens with one attached hydrogen (secondary N) is 1. The minimum absolute atomic E-state index is 0.0454. The van der Waals surface area contributed by atoms with E-state index in [2.05, 4.69) is 62.3 Å². The van der Waals surface area contributed by atoms with Crippen LogP contribution in [0.25, 0.3) is 0 Å². The molecule has 0 saturated carbocycles. The summed E-state index contributed by atoms with van der Waals surface area (Å²) < 4.78 is 10.8. The van der Waals surface area contributed by atoms with E-state index in [4.69, 9.17) is 9.47 Å². The number of aromatic nitrogens is 2. The summed E-state index contributed by atoms with van der Waals surface area (Å²) in [5.41, 5.74) is 1.97. The smallest absolute Gasteiger partial charge is 0.413 e. The molecule has 1 heterocycles. The summed E-state index contributed by atoms with van der Waals surface area (Å²) in [5.74, 6) is 2.34. The zero-order valence-corrected chi connectivity index (χ0v) is 20.5. The number of halogens is 1. The first kappa shape index (κ1) is 24.1. The van der Waals surface area contributed by atoms with Gasteiger partial charge >= 0.3 is 12.1 Å². The van der Waals surface area contributed by atoms with Crippen molar-refractivity contribution in [1.29, 1.82) is 0 Å². The van der Waals surface area contributed by atoms with Gasteiger partial charge < -0.3 is 9.47 Å². The second-order valence-corrected chi connectivity index (χ2v) is 14.7. The van der Waals surface area contributed by atoms with Crippen LogP contribution in [0.15, 0.2) is 4.60 Å². The fourth-order valence-corrected chi connectivity index (χ4v) is 2.61. The Morgan fingerprint density at radius 3 is 2.00 bits per heavy atom. The highest BCUT2D eigenvalue weighted by atomic mass is 79.9. The van der Waals surface area contributed by atoms with Gasteiger partial charge in [-0.05, 0) is 57.5 Å². The van der Waals surface area contributed by atoms with E-state index in [0.717, 1.165) is 0 Å². The van der Waals surface area contributed by atoms with Crippen LogP contribution in [-0.4, -0.2) is 41.3 Å². The third-order valence-electron chi connectivity index (χ3n) is 2.62. The number of esters is 1. The van der Waals surface area contributed by atoms with Gasteiger partial charge in [0, 0.05) is 0 Å². The number of ether oxygens (including phenoxy) is 2. The van der Waals surface area contributed by atoms with Crippen LogP contribution in [0.5, 0.6) is 0 Å². The van der Waals surface area contributed by atoms with E-state index in [0.29, 0.717) is 0 Å². The Bertz CT molecular complexity index is 825. The largest absolute Gasteiger partial charge is 0.455 e. The highest BCUT2D eigenvalue weighted by Gasteiger charge is 2.25. The van der Waals surface area contributed by atoms with Gasteiger partial charge in [-0.3, -0.25) is 5.32 Å². The number of nitrogens with zero attached hydrogens (tertiary/aromatic N) is 2. The molecule has 9 heteroatoms. The van der Waals surface area contributed by atoms with Gasteiger partial charge in [0.05, 0.1) is 0 Å². The number of hydrogen-bond donors (Lipinski definition) is 1. The predicted octanol–water partition coefficient (Wildman–Crippen LogP) is 4.77. The SMILES string of the molecule is CC(C)(C)OC(=O)Nc1nc(C(=O)OC(C)(C)C)c(Br)nc1C#C[Si](C)(C)C. The molecule has 0 aliphatic carbocycles. The van der Waals surface area contributed by atoms with E-state index >= 15 is 0 Å². The molecule has 0 radical (unpaired) electrons. The third-order valence-corrected chi connectivity index (χ3v) is 4.05. The summed E-state index contributed by atoms with van der Waals surface area (Å²) in [7, 11) is -1.71. The van der Waals surface area contributed by atoms with E-state index < -0.39 is 31.3 Å². The summed E-state index contributed by atoms with van der Waals surface area (Å²) in [4.78, 5) is 33.2. The van der Waals surface area contributed by atoms with Gasteiger partial charge in [0.15, 0.2) is 17.2 Å². The minimum atomic E-state index is -1.71. The molecule has 0 aromatic carbocycles. The van der Waals surface area contributed by atoms with E-state index in [1.54, 1.807) is 41.5 Å². The Morgan fingerprint density at radius 2 is 1.54 bits per heavy atom. The van der Waals surface area contributed by atoms with Crippen LogP contribution < -0.4 is 5.32 Å². The summed E-state index contributed by atoms with van der Waals surface area (Å²) in [5, 5.41) is 2.54. The number of carbonyl (C=O) groups excluding carboxylic acids is 2. The second-order valence-electron chi connectivity index (χ2n) is 9.19. The van der Waals surface area contributed by atoms with Crippen LogP contribution in [-0.2, 0) is 9.47 Å². The average Bonchev–Trinajstić information content (AvgIpc) is 2.42. The average molecular weight is 470 g/mol. The molecule has 0 bridgehead atoms. The quantitative estimate of drug-likeness (QED) is 0.381. The molecule has 1 aromatic rings. The topological polar surface area (TPSA) is 90.4 Å². The molecule has 0 unspecified atom stereocenters. The first-order chi connectivity index (χ1) is 12.5. The molecule has 154 valence electrons. The van der Waals surface area contributed by atoms with Gasteiger partial charge in [-0.2, -0.15) is 0 Å². The van der Waals surface area contributed by atoms with Crippen LogP contribution in [0.2, 0.25) is 19.6 Å². The lowest BCUT2D eigenvalue weighted by molar-refractivity contribution is 0.00607. The van der Waals surface area contributed by atoms with Gasteiger partial charge in [0.1, 0.15) is 23.9 Å². The number of carbonyl (C=O) groups is 2. The zero-order chi connectivity index (χ0) is 21.9. The maximum Gasteiger partial charge on any atom is 0.413 e. The highest BCUT2D eigenvalue weighted by molar-refractivity contribution is 9.10. The van der Waals surface area contributed by atoms with Gasteiger partial charge in [-0.25, -0.2) is 19.6 Å². The second kappa shape index (κ2) is 8.62. The van der Waals surface area contributed by atoms with Crippen LogP contribution in [0.1, 0.15) is 57.7 Å². The highest BCUT2D eigenvalue weighted by Crippen LogP contribution is 2.22. The maximum atomic E-state index is 12.4. The molecular weight excluding hydrogens is 442 g/mol. The van der Waals surface area contributed by atoms with Gasteiger partial charge in [-0.1, -0.05) is 25.6 Å². The Kier molecular flexibility index (Phi) is 7.42. The lowest BCUT2D eigenvalue weighted by atomic mass is 10.2. The molecule has 7 nitrogen and oxygen atoms in total. The fourth-order valence-electron chi connectivity index (χ4n) is 1.69. The van der Waals surface area contributed by atoms with E-state index in [1.807, 2.05) is 0 Å². The Hall–Kier alpha value is -1.92. The maximum absolute atomic E-state index is 12.4. The Labute approximate surface area is 176 Å². The standard InChI is InChI=1S/C19H28BrN3O4Si/c1-18(2,3)26-16(24)13-14(20)21-12(10-11-28(7,8)9)15(22-13)23-17(25)27-19(4,5)6/h1-9H3,(H,22,23,25). The molecule has 1 N–H and O–H groups in total. The number of amides is 1. The summed E-state index contributed by atoms with van der Waals surface area (Å²) in [6.45, 7) is 16.7.